The van der Waals surface area contributed by atoms with Crippen LogP contribution in [0.15, 0.2) is 12.1 Å². The fraction of sp³-hybridized carbons (Fsp3) is 0.300. The van der Waals surface area contributed by atoms with E-state index in [1.165, 1.54) is 21.3 Å². The summed E-state index contributed by atoms with van der Waals surface area (Å²) in [4.78, 5) is 1.44. The molecule has 0 atom stereocenters. The fourth-order valence-corrected chi connectivity index (χ4v) is 1.71. The maximum Gasteiger partial charge on any atom is 0.0921 e. The molecule has 2 N–H and O–H groups in total. The molecule has 68 valence electrons. The Morgan fingerprint density at radius 2 is 1.92 bits per heavy atom. The summed E-state index contributed by atoms with van der Waals surface area (Å²) in [6.07, 6.45) is 0. The van der Waals surface area contributed by atoms with Crippen molar-refractivity contribution in [2.75, 3.05) is 5.84 Å². The highest BCUT2D eigenvalue weighted by atomic mass is 15.5. The minimum absolute atomic E-state index is 0.999. The van der Waals surface area contributed by atoms with Crippen molar-refractivity contribution in [3.05, 3.63) is 29.0 Å². The summed E-state index contributed by atoms with van der Waals surface area (Å²) in [7, 11) is 0. The number of hydrogen-bond acceptors (Lipinski definition) is 2. The molecule has 0 spiro atoms. The van der Waals surface area contributed by atoms with Crippen LogP contribution in [0.3, 0.4) is 0 Å². The lowest BCUT2D eigenvalue weighted by atomic mass is 10.0. The Labute approximate surface area is 77.1 Å². The van der Waals surface area contributed by atoms with Crippen molar-refractivity contribution in [2.45, 2.75) is 20.8 Å². The molecular formula is C10H13N3. The Balaban J connectivity index is 2.98. The first-order valence-corrected chi connectivity index (χ1v) is 4.32. The van der Waals surface area contributed by atoms with Crippen molar-refractivity contribution in [2.24, 2.45) is 0 Å². The van der Waals surface area contributed by atoms with Crippen molar-refractivity contribution in [3.8, 4) is 0 Å². The average Bonchev–Trinajstić information content (AvgIpc) is 2.35. The zero-order chi connectivity index (χ0) is 9.59. The molecule has 2 rings (SSSR count). The predicted octanol–water partition coefficient (Wildman–Crippen LogP) is 1.68. The molecule has 1 heterocycles. The topological polar surface area (TPSA) is 43.8 Å². The average molecular weight is 175 g/mol. The van der Waals surface area contributed by atoms with Crippen LogP contribution in [-0.2, 0) is 0 Å². The van der Waals surface area contributed by atoms with E-state index in [9.17, 15) is 0 Å². The SMILES string of the molecule is Cc1ccc2c(c(C)nn2N)c1C. The van der Waals surface area contributed by atoms with Gasteiger partial charge in [-0.05, 0) is 38.0 Å². The molecule has 13 heavy (non-hydrogen) atoms. The first-order valence-electron chi connectivity index (χ1n) is 4.32. The van der Waals surface area contributed by atoms with Crippen molar-refractivity contribution in [1.82, 2.24) is 9.89 Å². The summed E-state index contributed by atoms with van der Waals surface area (Å²) in [6, 6.07) is 4.08. The van der Waals surface area contributed by atoms with Crippen LogP contribution in [0.1, 0.15) is 16.8 Å². The van der Waals surface area contributed by atoms with E-state index in [-0.39, 0.29) is 0 Å². The minimum atomic E-state index is 0.999. The number of rotatable bonds is 0. The molecule has 1 aromatic heterocycles. The lowest BCUT2D eigenvalue weighted by Crippen LogP contribution is -2.09. The van der Waals surface area contributed by atoms with Crippen LogP contribution in [-0.4, -0.2) is 9.89 Å². The van der Waals surface area contributed by atoms with E-state index in [0.29, 0.717) is 0 Å². The van der Waals surface area contributed by atoms with Crippen LogP contribution in [0.5, 0.6) is 0 Å². The number of nitrogens with zero attached hydrogens (tertiary/aromatic N) is 2. The van der Waals surface area contributed by atoms with Gasteiger partial charge >= 0.3 is 0 Å². The van der Waals surface area contributed by atoms with Gasteiger partial charge in [0, 0.05) is 5.39 Å². The lowest BCUT2D eigenvalue weighted by molar-refractivity contribution is 0.844. The van der Waals surface area contributed by atoms with Crippen molar-refractivity contribution in [1.29, 1.82) is 0 Å². The first-order chi connectivity index (χ1) is 6.11. The summed E-state index contributed by atoms with van der Waals surface area (Å²) in [6.45, 7) is 6.19. The van der Waals surface area contributed by atoms with Gasteiger partial charge in [-0.2, -0.15) is 9.89 Å². The van der Waals surface area contributed by atoms with Gasteiger partial charge in [0.2, 0.25) is 0 Å². The second-order valence-corrected chi connectivity index (χ2v) is 3.43. The zero-order valence-corrected chi connectivity index (χ0v) is 8.13. The summed E-state index contributed by atoms with van der Waals surface area (Å²) in [5.74, 6) is 5.70. The van der Waals surface area contributed by atoms with Crippen LogP contribution in [0.4, 0.5) is 0 Å². The molecular weight excluding hydrogens is 162 g/mol. The molecule has 2 aromatic rings. The van der Waals surface area contributed by atoms with E-state index in [2.05, 4.69) is 25.0 Å². The molecule has 0 amide bonds. The Kier molecular flexibility index (Phi) is 1.55. The molecule has 3 heteroatoms. The maximum absolute atomic E-state index is 5.70. The monoisotopic (exact) mass is 175 g/mol. The van der Waals surface area contributed by atoms with Gasteiger partial charge in [0.25, 0.3) is 0 Å². The third-order valence-electron chi connectivity index (χ3n) is 2.58. The number of fused-ring (bicyclic) bond motifs is 1. The Hall–Kier alpha value is -1.51. The van der Waals surface area contributed by atoms with Crippen LogP contribution >= 0.6 is 0 Å². The number of aromatic nitrogens is 2. The first kappa shape index (κ1) is 8.10. The summed E-state index contributed by atoms with van der Waals surface area (Å²) < 4.78 is 0. The minimum Gasteiger partial charge on any atom is -0.323 e. The normalized spacial score (nSPS) is 11.0. The van der Waals surface area contributed by atoms with E-state index in [0.717, 1.165) is 11.2 Å². The van der Waals surface area contributed by atoms with Crippen LogP contribution in [0, 0.1) is 20.8 Å². The van der Waals surface area contributed by atoms with Gasteiger partial charge in [-0.15, -0.1) is 0 Å². The molecule has 1 aromatic carbocycles. The molecule has 3 nitrogen and oxygen atoms in total. The van der Waals surface area contributed by atoms with Crippen LogP contribution < -0.4 is 5.84 Å². The van der Waals surface area contributed by atoms with Crippen molar-refractivity contribution >= 4 is 10.9 Å². The fourth-order valence-electron chi connectivity index (χ4n) is 1.71. The highest BCUT2D eigenvalue weighted by Gasteiger charge is 2.08. The van der Waals surface area contributed by atoms with Gasteiger partial charge in [-0.3, -0.25) is 0 Å². The standard InChI is InChI=1S/C10H13N3/c1-6-4-5-9-10(7(6)2)8(3)12-13(9)11/h4-5H,11H2,1-3H3. The summed E-state index contributed by atoms with van der Waals surface area (Å²) in [5.41, 5.74) is 4.55. The maximum atomic E-state index is 5.70. The third kappa shape index (κ3) is 1.00. The van der Waals surface area contributed by atoms with Crippen molar-refractivity contribution < 1.29 is 0 Å². The van der Waals surface area contributed by atoms with E-state index >= 15 is 0 Å². The summed E-state index contributed by atoms with van der Waals surface area (Å²) >= 11 is 0. The third-order valence-corrected chi connectivity index (χ3v) is 2.58. The highest BCUT2D eigenvalue weighted by Crippen LogP contribution is 2.23. The summed E-state index contributed by atoms with van der Waals surface area (Å²) in [5, 5.41) is 5.37. The molecule has 0 saturated heterocycles. The number of hydrogen-bond donors (Lipinski definition) is 1. The second-order valence-electron chi connectivity index (χ2n) is 3.43. The molecule has 0 unspecified atom stereocenters. The molecule has 0 bridgehead atoms. The van der Waals surface area contributed by atoms with Gasteiger partial charge in [0.15, 0.2) is 0 Å². The highest BCUT2D eigenvalue weighted by molar-refractivity contribution is 5.86. The second kappa shape index (κ2) is 2.49. The molecule has 0 aliphatic heterocycles. The Bertz CT molecular complexity index is 468. The van der Waals surface area contributed by atoms with E-state index < -0.39 is 0 Å². The van der Waals surface area contributed by atoms with Gasteiger partial charge in [-0.25, -0.2) is 0 Å². The van der Waals surface area contributed by atoms with E-state index in [1.807, 2.05) is 13.0 Å². The number of benzene rings is 1. The van der Waals surface area contributed by atoms with Crippen molar-refractivity contribution in [3.63, 3.8) is 0 Å². The zero-order valence-electron chi connectivity index (χ0n) is 8.13. The smallest absolute Gasteiger partial charge is 0.0921 e. The largest absolute Gasteiger partial charge is 0.323 e. The predicted molar refractivity (Wildman–Crippen MR) is 54.1 cm³/mol. The molecule has 0 aliphatic carbocycles. The number of nitrogens with two attached hydrogens (primary N) is 1. The van der Waals surface area contributed by atoms with Crippen LogP contribution in [0.2, 0.25) is 0 Å². The molecule has 0 saturated carbocycles. The molecule has 0 aliphatic rings. The van der Waals surface area contributed by atoms with Gasteiger partial charge < -0.3 is 5.84 Å². The lowest BCUT2D eigenvalue weighted by Gasteiger charge is -2.01. The van der Waals surface area contributed by atoms with Gasteiger partial charge in [-0.1, -0.05) is 6.07 Å². The quantitative estimate of drug-likeness (QED) is 0.619. The molecule has 0 radical (unpaired) electrons. The van der Waals surface area contributed by atoms with Crippen LogP contribution in [0.25, 0.3) is 10.9 Å². The Morgan fingerprint density at radius 3 is 2.62 bits per heavy atom. The number of nitrogen functional groups attached to an aromatic ring is 1. The van der Waals surface area contributed by atoms with E-state index in [4.69, 9.17) is 5.84 Å². The number of aryl methyl sites for hydroxylation is 3. The van der Waals surface area contributed by atoms with E-state index in [1.54, 1.807) is 0 Å². The van der Waals surface area contributed by atoms with Gasteiger partial charge in [0.05, 0.1) is 11.2 Å². The Morgan fingerprint density at radius 1 is 1.23 bits per heavy atom. The molecule has 0 fully saturated rings. The van der Waals surface area contributed by atoms with Gasteiger partial charge in [0.1, 0.15) is 0 Å².